The summed E-state index contributed by atoms with van der Waals surface area (Å²) in [6.45, 7) is 9.88. The zero-order valence-electron chi connectivity index (χ0n) is 10.9. The molecule has 0 bridgehead atoms. The molecule has 0 fully saturated rings. The van der Waals surface area contributed by atoms with Crippen LogP contribution in [0.25, 0.3) is 0 Å². The molecular formula is C13H22N2S. The number of hydrogen-bond donors (Lipinski definition) is 2. The standard InChI is InChI=1S/C11H16N2S.C2H6/c1-4-5-10(13)11-9(8(3)12)6-7(2)14-11;1-2/h6,12-13H,4-5H2,1-3H3;1-2H3. The second kappa shape index (κ2) is 7.34. The van der Waals surface area contributed by atoms with Gasteiger partial charge in [0.2, 0.25) is 0 Å². The van der Waals surface area contributed by atoms with E-state index in [-0.39, 0.29) is 0 Å². The predicted octanol–water partition coefficient (Wildman–Crippen LogP) is 4.64. The van der Waals surface area contributed by atoms with Crippen molar-refractivity contribution in [1.82, 2.24) is 0 Å². The summed E-state index contributed by atoms with van der Waals surface area (Å²) in [6, 6.07) is 2.01. The van der Waals surface area contributed by atoms with Gasteiger partial charge in [-0.1, -0.05) is 27.2 Å². The van der Waals surface area contributed by atoms with Gasteiger partial charge in [-0.05, 0) is 26.3 Å². The van der Waals surface area contributed by atoms with Crippen LogP contribution < -0.4 is 0 Å². The molecule has 0 radical (unpaired) electrons. The quantitative estimate of drug-likeness (QED) is 0.718. The fourth-order valence-electron chi connectivity index (χ4n) is 1.38. The van der Waals surface area contributed by atoms with Crippen LogP contribution in [0.2, 0.25) is 0 Å². The molecule has 0 unspecified atom stereocenters. The lowest BCUT2D eigenvalue weighted by molar-refractivity contribution is 0.988. The molecule has 1 aromatic heterocycles. The summed E-state index contributed by atoms with van der Waals surface area (Å²) >= 11 is 1.63. The fourth-order valence-corrected chi connectivity index (χ4v) is 2.43. The highest BCUT2D eigenvalue weighted by molar-refractivity contribution is 7.14. The normalized spacial score (nSPS) is 9.31. The molecule has 0 saturated carbocycles. The molecule has 1 rings (SSSR count). The Labute approximate surface area is 103 Å². The highest BCUT2D eigenvalue weighted by atomic mass is 32.1. The second-order valence-electron chi connectivity index (χ2n) is 3.45. The van der Waals surface area contributed by atoms with E-state index in [9.17, 15) is 0 Å². The summed E-state index contributed by atoms with van der Waals surface area (Å²) in [5, 5.41) is 15.5. The molecule has 1 heterocycles. The van der Waals surface area contributed by atoms with E-state index in [1.54, 1.807) is 18.3 Å². The number of aryl methyl sites for hydroxylation is 1. The van der Waals surface area contributed by atoms with Gasteiger partial charge >= 0.3 is 0 Å². The van der Waals surface area contributed by atoms with Gasteiger partial charge in [0.05, 0.1) is 4.88 Å². The molecule has 0 atom stereocenters. The summed E-state index contributed by atoms with van der Waals surface area (Å²) in [7, 11) is 0. The first-order valence-electron chi connectivity index (χ1n) is 5.80. The summed E-state index contributed by atoms with van der Waals surface area (Å²) in [5.74, 6) is 0. The van der Waals surface area contributed by atoms with Gasteiger partial charge in [-0.2, -0.15) is 0 Å². The van der Waals surface area contributed by atoms with Crippen LogP contribution >= 0.6 is 11.3 Å². The lowest BCUT2D eigenvalue weighted by Crippen LogP contribution is -2.02. The molecule has 0 aromatic carbocycles. The molecule has 0 saturated heterocycles. The summed E-state index contributed by atoms with van der Waals surface area (Å²) in [4.78, 5) is 2.17. The minimum atomic E-state index is 0.560. The maximum atomic E-state index is 7.89. The van der Waals surface area contributed by atoms with Crippen molar-refractivity contribution >= 4 is 22.8 Å². The number of hydrogen-bond acceptors (Lipinski definition) is 3. The van der Waals surface area contributed by atoms with Crippen LogP contribution in [0.5, 0.6) is 0 Å². The van der Waals surface area contributed by atoms with Crippen LogP contribution in [0.1, 0.15) is 55.9 Å². The third kappa shape index (κ3) is 3.89. The van der Waals surface area contributed by atoms with Crippen molar-refractivity contribution in [2.24, 2.45) is 0 Å². The Hall–Kier alpha value is -0.960. The molecule has 90 valence electrons. The minimum absolute atomic E-state index is 0.560. The summed E-state index contributed by atoms with van der Waals surface area (Å²) in [5.41, 5.74) is 2.17. The lowest BCUT2D eigenvalue weighted by atomic mass is 10.1. The Bertz CT molecular complexity index is 364. The van der Waals surface area contributed by atoms with Gasteiger partial charge < -0.3 is 10.8 Å². The Morgan fingerprint density at radius 3 is 2.31 bits per heavy atom. The average molecular weight is 238 g/mol. The van der Waals surface area contributed by atoms with E-state index in [1.807, 2.05) is 26.8 Å². The van der Waals surface area contributed by atoms with Gasteiger partial charge in [-0.3, -0.25) is 0 Å². The highest BCUT2D eigenvalue weighted by Gasteiger charge is 2.12. The van der Waals surface area contributed by atoms with E-state index in [4.69, 9.17) is 10.8 Å². The van der Waals surface area contributed by atoms with E-state index < -0.39 is 0 Å². The van der Waals surface area contributed by atoms with Crippen molar-refractivity contribution in [3.63, 3.8) is 0 Å². The SMILES string of the molecule is CC.CCCC(=N)c1sc(C)cc1C(C)=N. The molecule has 2 nitrogen and oxygen atoms in total. The number of thiophene rings is 1. The molecule has 16 heavy (non-hydrogen) atoms. The predicted molar refractivity (Wildman–Crippen MR) is 74.6 cm³/mol. The van der Waals surface area contributed by atoms with Crippen LogP contribution in [0.3, 0.4) is 0 Å². The van der Waals surface area contributed by atoms with Crippen molar-refractivity contribution in [3.8, 4) is 0 Å². The molecule has 0 aliphatic carbocycles. The third-order valence-corrected chi connectivity index (χ3v) is 3.14. The van der Waals surface area contributed by atoms with Crippen LogP contribution in [-0.4, -0.2) is 11.4 Å². The molecule has 0 amide bonds. The zero-order chi connectivity index (χ0) is 12.7. The third-order valence-electron chi connectivity index (χ3n) is 2.03. The average Bonchev–Trinajstić information content (AvgIpc) is 2.64. The first-order valence-corrected chi connectivity index (χ1v) is 6.61. The van der Waals surface area contributed by atoms with Crippen LogP contribution in [0, 0.1) is 17.7 Å². The molecule has 2 N–H and O–H groups in total. The molecule has 3 heteroatoms. The maximum absolute atomic E-state index is 7.89. The van der Waals surface area contributed by atoms with Gasteiger partial charge in [0.25, 0.3) is 0 Å². The fraction of sp³-hybridized carbons (Fsp3) is 0.538. The van der Waals surface area contributed by atoms with Crippen LogP contribution in [0.4, 0.5) is 0 Å². The van der Waals surface area contributed by atoms with Gasteiger partial charge in [0, 0.05) is 21.9 Å². The van der Waals surface area contributed by atoms with Crippen LogP contribution in [0.15, 0.2) is 6.07 Å². The smallest absolute Gasteiger partial charge is 0.0571 e. The zero-order valence-corrected chi connectivity index (χ0v) is 11.7. The first kappa shape index (κ1) is 15.0. The topological polar surface area (TPSA) is 47.7 Å². The Morgan fingerprint density at radius 2 is 1.88 bits per heavy atom. The van der Waals surface area contributed by atoms with Gasteiger partial charge in [0.15, 0.2) is 0 Å². The number of rotatable bonds is 4. The van der Waals surface area contributed by atoms with E-state index in [1.165, 1.54) is 4.88 Å². The largest absolute Gasteiger partial charge is 0.305 e. The molecule has 0 spiro atoms. The lowest BCUT2D eigenvalue weighted by Gasteiger charge is -2.02. The van der Waals surface area contributed by atoms with E-state index in [2.05, 4.69) is 6.92 Å². The Morgan fingerprint density at radius 1 is 1.31 bits per heavy atom. The first-order chi connectivity index (χ1) is 7.56. The van der Waals surface area contributed by atoms with Gasteiger partial charge in [-0.25, -0.2) is 0 Å². The summed E-state index contributed by atoms with van der Waals surface area (Å²) < 4.78 is 0. The van der Waals surface area contributed by atoms with Crippen molar-refractivity contribution in [2.75, 3.05) is 0 Å². The Balaban J connectivity index is 0.00000106. The monoisotopic (exact) mass is 238 g/mol. The highest BCUT2D eigenvalue weighted by Crippen LogP contribution is 2.24. The van der Waals surface area contributed by atoms with E-state index in [0.29, 0.717) is 11.4 Å². The maximum Gasteiger partial charge on any atom is 0.0571 e. The Kier molecular flexibility index (Phi) is 6.90. The second-order valence-corrected chi connectivity index (χ2v) is 4.71. The van der Waals surface area contributed by atoms with Crippen molar-refractivity contribution in [3.05, 3.63) is 21.4 Å². The molecule has 1 aromatic rings. The summed E-state index contributed by atoms with van der Waals surface area (Å²) in [6.07, 6.45) is 1.80. The van der Waals surface area contributed by atoms with E-state index >= 15 is 0 Å². The van der Waals surface area contributed by atoms with Crippen molar-refractivity contribution in [1.29, 1.82) is 10.8 Å². The minimum Gasteiger partial charge on any atom is -0.305 e. The van der Waals surface area contributed by atoms with Crippen LogP contribution in [-0.2, 0) is 0 Å². The molecule has 0 aliphatic rings. The van der Waals surface area contributed by atoms with E-state index in [0.717, 1.165) is 23.3 Å². The van der Waals surface area contributed by atoms with Gasteiger partial charge in [-0.15, -0.1) is 11.3 Å². The molecular weight excluding hydrogens is 216 g/mol. The molecule has 0 aliphatic heterocycles. The van der Waals surface area contributed by atoms with Crippen molar-refractivity contribution < 1.29 is 0 Å². The van der Waals surface area contributed by atoms with Gasteiger partial charge in [0.1, 0.15) is 0 Å². The number of nitrogens with one attached hydrogen (secondary N) is 2. The van der Waals surface area contributed by atoms with Crippen molar-refractivity contribution in [2.45, 2.75) is 47.5 Å².